The molecule has 0 radical (unpaired) electrons. The minimum atomic E-state index is -0.972. The van der Waals surface area contributed by atoms with E-state index in [-0.39, 0.29) is 6.61 Å². The fourth-order valence-corrected chi connectivity index (χ4v) is 2.95. The number of rotatable bonds is 6. The van der Waals surface area contributed by atoms with Gasteiger partial charge in [-0.15, -0.1) is 0 Å². The number of aryl methyl sites for hydroxylation is 1. The average Bonchev–Trinajstić information content (AvgIpc) is 3.03. The zero-order valence-electron chi connectivity index (χ0n) is 13.7. The summed E-state index contributed by atoms with van der Waals surface area (Å²) in [5.41, 5.74) is 2.19. The number of carbonyl (C=O) groups is 1. The highest BCUT2D eigenvalue weighted by Crippen LogP contribution is 2.26. The van der Waals surface area contributed by atoms with Crippen molar-refractivity contribution < 1.29 is 14.6 Å². The smallest absolute Gasteiger partial charge is 0.341 e. The molecule has 126 valence electrons. The zero-order valence-corrected chi connectivity index (χ0v) is 13.7. The molecule has 1 fully saturated rings. The van der Waals surface area contributed by atoms with Crippen LogP contribution in [0, 0.1) is 6.92 Å². The predicted molar refractivity (Wildman–Crippen MR) is 89.0 cm³/mol. The number of ether oxygens (including phenoxy) is 1. The topological polar surface area (TPSA) is 75.6 Å². The van der Waals surface area contributed by atoms with Gasteiger partial charge in [0.15, 0.2) is 6.61 Å². The highest BCUT2D eigenvalue weighted by atomic mass is 16.5. The van der Waals surface area contributed by atoms with Crippen LogP contribution in [-0.4, -0.2) is 45.6 Å². The van der Waals surface area contributed by atoms with Crippen LogP contribution in [0.3, 0.4) is 0 Å². The predicted octanol–water partition coefficient (Wildman–Crippen LogP) is 2.24. The third-order valence-corrected chi connectivity index (χ3v) is 4.14. The highest BCUT2D eigenvalue weighted by molar-refractivity contribution is 5.68. The second-order valence-corrected chi connectivity index (χ2v) is 6.10. The molecule has 0 spiro atoms. The van der Waals surface area contributed by atoms with Gasteiger partial charge >= 0.3 is 5.97 Å². The van der Waals surface area contributed by atoms with Crippen LogP contribution in [0.15, 0.2) is 36.5 Å². The Morgan fingerprint density at radius 3 is 2.83 bits per heavy atom. The van der Waals surface area contributed by atoms with Crippen LogP contribution in [0.2, 0.25) is 0 Å². The molecule has 1 saturated heterocycles. The van der Waals surface area contributed by atoms with E-state index in [0.29, 0.717) is 11.7 Å². The van der Waals surface area contributed by atoms with Crippen molar-refractivity contribution >= 4 is 5.97 Å². The van der Waals surface area contributed by atoms with Crippen molar-refractivity contribution in [3.05, 3.63) is 53.6 Å². The molecule has 1 N–H and O–H groups in total. The molecule has 24 heavy (non-hydrogen) atoms. The van der Waals surface area contributed by atoms with Crippen molar-refractivity contribution in [3.63, 3.8) is 0 Å². The number of nitrogens with zero attached hydrogens (tertiary/aromatic N) is 3. The molecule has 3 rings (SSSR count). The molecular weight excluding hydrogens is 306 g/mol. The number of carboxylic acid groups (broad SMARTS) is 1. The second-order valence-electron chi connectivity index (χ2n) is 6.10. The van der Waals surface area contributed by atoms with Gasteiger partial charge in [0.2, 0.25) is 0 Å². The van der Waals surface area contributed by atoms with Crippen molar-refractivity contribution in [2.75, 3.05) is 19.7 Å². The summed E-state index contributed by atoms with van der Waals surface area (Å²) in [6, 6.07) is 9.51. The third kappa shape index (κ3) is 4.29. The lowest BCUT2D eigenvalue weighted by Crippen LogP contribution is -2.20. The maximum Gasteiger partial charge on any atom is 0.341 e. The maximum atomic E-state index is 10.5. The van der Waals surface area contributed by atoms with Crippen LogP contribution in [0.5, 0.6) is 5.75 Å². The molecule has 1 aliphatic heterocycles. The Morgan fingerprint density at radius 1 is 1.33 bits per heavy atom. The van der Waals surface area contributed by atoms with E-state index in [0.717, 1.165) is 37.6 Å². The van der Waals surface area contributed by atoms with Gasteiger partial charge in [-0.2, -0.15) is 0 Å². The highest BCUT2D eigenvalue weighted by Gasteiger charge is 2.25. The Bertz CT molecular complexity index is 703. The molecular formula is C18H21N3O3. The van der Waals surface area contributed by atoms with E-state index in [1.54, 1.807) is 0 Å². The average molecular weight is 327 g/mol. The van der Waals surface area contributed by atoms with Gasteiger partial charge in [-0.05, 0) is 43.7 Å². The molecule has 6 nitrogen and oxygen atoms in total. The molecule has 0 bridgehead atoms. The van der Waals surface area contributed by atoms with Crippen LogP contribution in [0.25, 0.3) is 0 Å². The van der Waals surface area contributed by atoms with E-state index >= 15 is 0 Å². The normalized spacial score (nSPS) is 17.8. The minimum absolute atomic E-state index is 0.316. The zero-order chi connectivity index (χ0) is 16.9. The van der Waals surface area contributed by atoms with Gasteiger partial charge < -0.3 is 9.84 Å². The van der Waals surface area contributed by atoms with E-state index in [4.69, 9.17) is 9.84 Å². The monoisotopic (exact) mass is 327 g/mol. The van der Waals surface area contributed by atoms with E-state index in [2.05, 4.69) is 14.9 Å². The third-order valence-electron chi connectivity index (χ3n) is 4.14. The maximum absolute atomic E-state index is 10.5. The standard InChI is InChI=1S/C18H21N3O3/c1-13-6-8-19-18(20-13)15-7-9-21(11-15)10-14-2-4-16(5-3-14)24-12-17(22)23/h2-6,8,15H,7,9-12H2,1H3,(H,22,23)/t15-/m1/s1. The lowest BCUT2D eigenvalue weighted by Gasteiger charge is -2.16. The van der Waals surface area contributed by atoms with E-state index in [1.165, 1.54) is 5.56 Å². The lowest BCUT2D eigenvalue weighted by molar-refractivity contribution is -0.139. The largest absolute Gasteiger partial charge is 0.482 e. The Labute approximate surface area is 141 Å². The molecule has 1 aliphatic rings. The fourth-order valence-electron chi connectivity index (χ4n) is 2.95. The SMILES string of the molecule is Cc1ccnc([C@@H]2CCN(Cc3ccc(OCC(=O)O)cc3)C2)n1. The number of hydrogen-bond donors (Lipinski definition) is 1. The lowest BCUT2D eigenvalue weighted by atomic mass is 10.1. The number of likely N-dealkylation sites (tertiary alicyclic amines) is 1. The van der Waals surface area contributed by atoms with Crippen LogP contribution in [-0.2, 0) is 11.3 Å². The van der Waals surface area contributed by atoms with Crippen LogP contribution >= 0.6 is 0 Å². The summed E-state index contributed by atoms with van der Waals surface area (Å²) in [4.78, 5) is 21.8. The van der Waals surface area contributed by atoms with Crippen LogP contribution in [0.1, 0.15) is 29.4 Å². The first-order chi connectivity index (χ1) is 11.6. The summed E-state index contributed by atoms with van der Waals surface area (Å²) in [5.74, 6) is 0.937. The Kier molecular flexibility index (Phi) is 5.05. The molecule has 1 aromatic carbocycles. The quantitative estimate of drug-likeness (QED) is 0.877. The summed E-state index contributed by atoms with van der Waals surface area (Å²) in [5, 5.41) is 8.61. The van der Waals surface area contributed by atoms with Crippen molar-refractivity contribution in [2.45, 2.75) is 25.8 Å². The van der Waals surface area contributed by atoms with Gasteiger partial charge in [-0.3, -0.25) is 4.90 Å². The first-order valence-corrected chi connectivity index (χ1v) is 8.05. The Hall–Kier alpha value is -2.47. The number of carboxylic acids is 1. The van der Waals surface area contributed by atoms with Gasteiger partial charge in [0.1, 0.15) is 11.6 Å². The fraction of sp³-hybridized carbons (Fsp3) is 0.389. The molecule has 0 aliphatic carbocycles. The molecule has 2 heterocycles. The summed E-state index contributed by atoms with van der Waals surface area (Å²) >= 11 is 0. The van der Waals surface area contributed by atoms with Crippen molar-refractivity contribution in [1.29, 1.82) is 0 Å². The summed E-state index contributed by atoms with van der Waals surface area (Å²) in [6.45, 7) is 4.52. The molecule has 0 amide bonds. The number of benzene rings is 1. The minimum Gasteiger partial charge on any atom is -0.482 e. The van der Waals surface area contributed by atoms with Gasteiger partial charge in [0.05, 0.1) is 0 Å². The van der Waals surface area contributed by atoms with Gasteiger partial charge in [0, 0.05) is 30.9 Å². The summed E-state index contributed by atoms with van der Waals surface area (Å²) in [7, 11) is 0. The molecule has 0 unspecified atom stereocenters. The first-order valence-electron chi connectivity index (χ1n) is 8.05. The first kappa shape index (κ1) is 16.4. The Morgan fingerprint density at radius 2 is 2.12 bits per heavy atom. The van der Waals surface area contributed by atoms with Crippen LogP contribution in [0.4, 0.5) is 0 Å². The second kappa shape index (κ2) is 7.40. The van der Waals surface area contributed by atoms with Crippen molar-refractivity contribution in [3.8, 4) is 5.75 Å². The molecule has 2 aromatic rings. The number of aromatic nitrogens is 2. The number of aliphatic carboxylic acids is 1. The molecule has 6 heteroatoms. The summed E-state index contributed by atoms with van der Waals surface area (Å²) in [6.07, 6.45) is 2.90. The molecule has 0 saturated carbocycles. The van der Waals surface area contributed by atoms with Crippen molar-refractivity contribution in [2.24, 2.45) is 0 Å². The Balaban J connectivity index is 1.54. The summed E-state index contributed by atoms with van der Waals surface area (Å²) < 4.78 is 5.15. The molecule has 1 atom stereocenters. The van der Waals surface area contributed by atoms with E-state index in [9.17, 15) is 4.79 Å². The number of hydrogen-bond acceptors (Lipinski definition) is 5. The van der Waals surface area contributed by atoms with Gasteiger partial charge in [0.25, 0.3) is 0 Å². The van der Waals surface area contributed by atoms with E-state index < -0.39 is 5.97 Å². The van der Waals surface area contributed by atoms with E-state index in [1.807, 2.05) is 43.5 Å². The van der Waals surface area contributed by atoms with Gasteiger partial charge in [-0.1, -0.05) is 12.1 Å². The van der Waals surface area contributed by atoms with Crippen molar-refractivity contribution in [1.82, 2.24) is 14.9 Å². The van der Waals surface area contributed by atoms with Crippen LogP contribution < -0.4 is 4.74 Å². The molecule has 1 aromatic heterocycles. The van der Waals surface area contributed by atoms with Gasteiger partial charge in [-0.25, -0.2) is 14.8 Å².